The van der Waals surface area contributed by atoms with Crippen molar-refractivity contribution in [3.8, 4) is 0 Å². The van der Waals surface area contributed by atoms with Gasteiger partial charge in [0.1, 0.15) is 5.54 Å². The van der Waals surface area contributed by atoms with Crippen LogP contribution < -0.4 is 5.73 Å². The zero-order valence-electron chi connectivity index (χ0n) is 9.05. The molecule has 1 aromatic carbocycles. The number of nitro groups is 1. The molecule has 90 valence electrons. The van der Waals surface area contributed by atoms with Crippen LogP contribution in [-0.4, -0.2) is 21.5 Å². The van der Waals surface area contributed by atoms with Crippen molar-refractivity contribution in [2.45, 2.75) is 24.8 Å². The lowest BCUT2D eigenvalue weighted by molar-refractivity contribution is -0.384. The number of carboxylic acid groups (broad SMARTS) is 1. The largest absolute Gasteiger partial charge is 0.480 e. The van der Waals surface area contributed by atoms with Crippen molar-refractivity contribution in [3.63, 3.8) is 0 Å². The fourth-order valence-corrected chi connectivity index (χ4v) is 2.10. The van der Waals surface area contributed by atoms with E-state index in [-0.39, 0.29) is 12.1 Å². The molecule has 0 saturated carbocycles. The van der Waals surface area contributed by atoms with Crippen LogP contribution in [0.4, 0.5) is 5.69 Å². The molecular formula is C11H12N2O4. The SMILES string of the molecule is NC1(C(=O)O)CCc2ccc([N+](=O)[O-])cc2C1. The van der Waals surface area contributed by atoms with Crippen LogP contribution >= 0.6 is 0 Å². The van der Waals surface area contributed by atoms with E-state index in [0.717, 1.165) is 5.56 Å². The second-order valence-electron chi connectivity index (χ2n) is 4.35. The number of carboxylic acids is 1. The molecule has 3 N–H and O–H groups in total. The summed E-state index contributed by atoms with van der Waals surface area (Å²) < 4.78 is 0. The van der Waals surface area contributed by atoms with E-state index in [4.69, 9.17) is 10.8 Å². The van der Waals surface area contributed by atoms with Gasteiger partial charge in [-0.3, -0.25) is 14.9 Å². The molecule has 6 heteroatoms. The molecule has 0 aromatic heterocycles. The first kappa shape index (κ1) is 11.5. The van der Waals surface area contributed by atoms with E-state index in [0.29, 0.717) is 18.4 Å². The minimum Gasteiger partial charge on any atom is -0.480 e. The highest BCUT2D eigenvalue weighted by Gasteiger charge is 2.37. The van der Waals surface area contributed by atoms with Gasteiger partial charge in [0.2, 0.25) is 0 Å². The highest BCUT2D eigenvalue weighted by molar-refractivity contribution is 5.79. The average molecular weight is 236 g/mol. The summed E-state index contributed by atoms with van der Waals surface area (Å²) in [5.74, 6) is -1.06. The van der Waals surface area contributed by atoms with Crippen LogP contribution in [0.25, 0.3) is 0 Å². The molecule has 0 fully saturated rings. The molecule has 0 saturated heterocycles. The number of rotatable bonds is 2. The van der Waals surface area contributed by atoms with Crippen molar-refractivity contribution in [1.82, 2.24) is 0 Å². The fourth-order valence-electron chi connectivity index (χ4n) is 2.10. The number of nitrogens with two attached hydrogens (primary N) is 1. The third kappa shape index (κ3) is 1.99. The second kappa shape index (κ2) is 3.81. The van der Waals surface area contributed by atoms with Crippen LogP contribution in [0.15, 0.2) is 18.2 Å². The Labute approximate surface area is 97.2 Å². The van der Waals surface area contributed by atoms with Gasteiger partial charge in [-0.1, -0.05) is 6.07 Å². The maximum Gasteiger partial charge on any atom is 0.324 e. The average Bonchev–Trinajstić information content (AvgIpc) is 2.27. The van der Waals surface area contributed by atoms with E-state index in [1.54, 1.807) is 6.07 Å². The van der Waals surface area contributed by atoms with Crippen LogP contribution in [0.5, 0.6) is 0 Å². The summed E-state index contributed by atoms with van der Waals surface area (Å²) in [6, 6.07) is 4.52. The Hall–Kier alpha value is -1.95. The maximum atomic E-state index is 11.0. The molecule has 0 heterocycles. The number of aliphatic carboxylic acids is 1. The normalized spacial score (nSPS) is 22.9. The number of benzene rings is 1. The number of non-ortho nitro benzene ring substituents is 1. The molecule has 0 radical (unpaired) electrons. The van der Waals surface area contributed by atoms with Crippen molar-refractivity contribution < 1.29 is 14.8 Å². The molecule has 0 bridgehead atoms. The third-order valence-electron chi connectivity index (χ3n) is 3.17. The topological polar surface area (TPSA) is 106 Å². The molecule has 17 heavy (non-hydrogen) atoms. The minimum absolute atomic E-state index is 0.0293. The number of hydrogen-bond acceptors (Lipinski definition) is 4. The lowest BCUT2D eigenvalue weighted by Crippen LogP contribution is -2.52. The minimum atomic E-state index is -1.30. The Balaban J connectivity index is 2.39. The molecule has 1 aliphatic rings. The fraction of sp³-hybridized carbons (Fsp3) is 0.364. The summed E-state index contributed by atoms with van der Waals surface area (Å²) in [4.78, 5) is 21.2. The number of aryl methyl sites for hydroxylation is 1. The van der Waals surface area contributed by atoms with Crippen LogP contribution in [0.3, 0.4) is 0 Å². The smallest absolute Gasteiger partial charge is 0.324 e. The third-order valence-corrected chi connectivity index (χ3v) is 3.17. The van der Waals surface area contributed by atoms with E-state index in [2.05, 4.69) is 0 Å². The van der Waals surface area contributed by atoms with Crippen molar-refractivity contribution in [1.29, 1.82) is 0 Å². The molecule has 6 nitrogen and oxygen atoms in total. The number of nitro benzene ring substituents is 1. The van der Waals surface area contributed by atoms with E-state index in [1.165, 1.54) is 12.1 Å². The van der Waals surface area contributed by atoms with Gasteiger partial charge in [-0.2, -0.15) is 0 Å². The molecule has 0 amide bonds. The summed E-state index contributed by atoms with van der Waals surface area (Å²) >= 11 is 0. The molecule has 1 unspecified atom stereocenters. The summed E-state index contributed by atoms with van der Waals surface area (Å²) in [5, 5.41) is 19.7. The van der Waals surface area contributed by atoms with Gasteiger partial charge < -0.3 is 10.8 Å². The maximum absolute atomic E-state index is 11.0. The molecule has 1 atom stereocenters. The second-order valence-corrected chi connectivity index (χ2v) is 4.35. The zero-order valence-corrected chi connectivity index (χ0v) is 9.05. The van der Waals surface area contributed by atoms with Crippen LogP contribution in [0, 0.1) is 10.1 Å². The van der Waals surface area contributed by atoms with E-state index < -0.39 is 16.4 Å². The van der Waals surface area contributed by atoms with E-state index >= 15 is 0 Å². The van der Waals surface area contributed by atoms with Gasteiger partial charge in [0.05, 0.1) is 4.92 Å². The van der Waals surface area contributed by atoms with E-state index in [9.17, 15) is 14.9 Å². The van der Waals surface area contributed by atoms with Crippen molar-refractivity contribution >= 4 is 11.7 Å². The Kier molecular flexibility index (Phi) is 2.59. The van der Waals surface area contributed by atoms with Gasteiger partial charge in [0.25, 0.3) is 5.69 Å². The summed E-state index contributed by atoms with van der Waals surface area (Å²) in [7, 11) is 0. The van der Waals surface area contributed by atoms with Gasteiger partial charge in [-0.05, 0) is 24.0 Å². The van der Waals surface area contributed by atoms with Gasteiger partial charge in [-0.15, -0.1) is 0 Å². The Morgan fingerprint density at radius 2 is 2.18 bits per heavy atom. The molecule has 0 aliphatic heterocycles. The molecule has 0 spiro atoms. The first-order valence-corrected chi connectivity index (χ1v) is 5.21. The number of fused-ring (bicyclic) bond motifs is 1. The van der Waals surface area contributed by atoms with Crippen LogP contribution in [-0.2, 0) is 17.6 Å². The predicted octanol–water partition coefficient (Wildman–Crippen LogP) is 0.866. The molecular weight excluding hydrogens is 224 g/mol. The Morgan fingerprint density at radius 1 is 1.47 bits per heavy atom. The van der Waals surface area contributed by atoms with Crippen molar-refractivity contribution in [3.05, 3.63) is 39.4 Å². The molecule has 2 rings (SSSR count). The number of hydrogen-bond donors (Lipinski definition) is 2. The first-order chi connectivity index (χ1) is 7.92. The first-order valence-electron chi connectivity index (χ1n) is 5.21. The van der Waals surface area contributed by atoms with Gasteiger partial charge in [0, 0.05) is 18.6 Å². The summed E-state index contributed by atoms with van der Waals surface area (Å²) in [5.41, 5.74) is 6.05. The Bertz CT molecular complexity index is 500. The lowest BCUT2D eigenvalue weighted by atomic mass is 9.78. The van der Waals surface area contributed by atoms with Gasteiger partial charge in [-0.25, -0.2) is 0 Å². The van der Waals surface area contributed by atoms with Crippen molar-refractivity contribution in [2.75, 3.05) is 0 Å². The summed E-state index contributed by atoms with van der Waals surface area (Å²) in [6.07, 6.45) is 1.03. The number of nitrogens with zero attached hydrogens (tertiary/aromatic N) is 1. The van der Waals surface area contributed by atoms with Crippen LogP contribution in [0.2, 0.25) is 0 Å². The Morgan fingerprint density at radius 3 is 2.76 bits per heavy atom. The molecule has 1 aromatic rings. The number of carbonyl (C=O) groups is 1. The zero-order chi connectivity index (χ0) is 12.6. The molecule has 1 aliphatic carbocycles. The quantitative estimate of drug-likeness (QED) is 0.585. The highest BCUT2D eigenvalue weighted by Crippen LogP contribution is 2.29. The monoisotopic (exact) mass is 236 g/mol. The van der Waals surface area contributed by atoms with Gasteiger partial charge >= 0.3 is 5.97 Å². The highest BCUT2D eigenvalue weighted by atomic mass is 16.6. The standard InChI is InChI=1S/C11H12N2O4/c12-11(10(14)15)4-3-7-1-2-9(13(16)17)5-8(7)6-11/h1-2,5H,3-4,6,12H2,(H,14,15). The van der Waals surface area contributed by atoms with Gasteiger partial charge in [0.15, 0.2) is 0 Å². The lowest BCUT2D eigenvalue weighted by Gasteiger charge is -2.30. The van der Waals surface area contributed by atoms with E-state index in [1.807, 2.05) is 0 Å². The van der Waals surface area contributed by atoms with Crippen molar-refractivity contribution in [2.24, 2.45) is 5.73 Å². The van der Waals surface area contributed by atoms with Crippen LogP contribution in [0.1, 0.15) is 17.5 Å². The predicted molar refractivity (Wildman–Crippen MR) is 59.7 cm³/mol. The summed E-state index contributed by atoms with van der Waals surface area (Å²) in [6.45, 7) is 0.